The van der Waals surface area contributed by atoms with E-state index in [2.05, 4.69) is 10.6 Å². The minimum Gasteiger partial charge on any atom is -0.388 e. The first-order valence-corrected chi connectivity index (χ1v) is 4.33. The fraction of sp³-hybridized carbons (Fsp3) is 0.300. The predicted octanol–water partition coefficient (Wildman–Crippen LogP) is 1.31. The molecule has 76 valence electrons. The van der Waals surface area contributed by atoms with Gasteiger partial charge in [-0.2, -0.15) is 0 Å². The molecule has 1 aromatic carbocycles. The maximum absolute atomic E-state index is 11.1. The fourth-order valence-electron chi connectivity index (χ4n) is 1.05. The van der Waals surface area contributed by atoms with Gasteiger partial charge in [-0.3, -0.25) is 4.79 Å². The van der Waals surface area contributed by atoms with Gasteiger partial charge in [0.25, 0.3) is 0 Å². The maximum Gasteiger partial charge on any atom is 0.250 e. The first kappa shape index (κ1) is 10.5. The zero-order valence-electron chi connectivity index (χ0n) is 8.33. The van der Waals surface area contributed by atoms with Crippen molar-refractivity contribution in [2.75, 3.05) is 31.4 Å². The van der Waals surface area contributed by atoms with Gasteiger partial charge < -0.3 is 15.4 Å². The van der Waals surface area contributed by atoms with Gasteiger partial charge in [0.15, 0.2) is 0 Å². The molecule has 0 saturated heterocycles. The summed E-state index contributed by atoms with van der Waals surface area (Å²) in [6, 6.07) is 7.45. The third-order valence-electron chi connectivity index (χ3n) is 1.73. The molecule has 0 saturated carbocycles. The summed E-state index contributed by atoms with van der Waals surface area (Å²) in [6.45, 7) is 0.0772. The van der Waals surface area contributed by atoms with Crippen molar-refractivity contribution in [1.29, 1.82) is 0 Å². The van der Waals surface area contributed by atoms with E-state index in [0.29, 0.717) is 0 Å². The number of carbonyl (C=O) groups is 1. The van der Waals surface area contributed by atoms with Crippen molar-refractivity contribution in [1.82, 2.24) is 0 Å². The molecule has 0 bridgehead atoms. The van der Waals surface area contributed by atoms with Crippen LogP contribution in [0.1, 0.15) is 0 Å². The van der Waals surface area contributed by atoms with Crippen molar-refractivity contribution in [3.05, 3.63) is 24.3 Å². The van der Waals surface area contributed by atoms with Gasteiger partial charge in [0.2, 0.25) is 5.91 Å². The lowest BCUT2D eigenvalue weighted by Gasteiger charge is -2.05. The van der Waals surface area contributed by atoms with Crippen LogP contribution in [0, 0.1) is 0 Å². The number of nitrogens with one attached hydrogen (secondary N) is 2. The first-order chi connectivity index (χ1) is 6.76. The Hall–Kier alpha value is -1.55. The lowest BCUT2D eigenvalue weighted by molar-refractivity contribution is -0.119. The Bertz CT molecular complexity index is 295. The maximum atomic E-state index is 11.1. The molecule has 1 aromatic rings. The molecule has 2 N–H and O–H groups in total. The molecule has 0 unspecified atom stereocenters. The molecule has 0 aliphatic rings. The van der Waals surface area contributed by atoms with Gasteiger partial charge >= 0.3 is 0 Å². The van der Waals surface area contributed by atoms with Crippen molar-refractivity contribution < 1.29 is 9.53 Å². The quantitative estimate of drug-likeness (QED) is 0.759. The Morgan fingerprint density at radius 2 is 1.86 bits per heavy atom. The zero-order chi connectivity index (χ0) is 10.4. The van der Waals surface area contributed by atoms with E-state index in [1.54, 1.807) is 0 Å². The number of anilines is 2. The van der Waals surface area contributed by atoms with E-state index >= 15 is 0 Å². The molecule has 4 nitrogen and oxygen atoms in total. The van der Waals surface area contributed by atoms with Crippen LogP contribution in [0.5, 0.6) is 0 Å². The van der Waals surface area contributed by atoms with Crippen LogP contribution in [0.3, 0.4) is 0 Å². The average molecular weight is 194 g/mol. The topological polar surface area (TPSA) is 50.4 Å². The second-order valence-corrected chi connectivity index (χ2v) is 2.81. The van der Waals surface area contributed by atoms with Crippen LogP contribution in [-0.4, -0.2) is 26.7 Å². The number of amides is 1. The molecule has 1 rings (SSSR count). The summed E-state index contributed by atoms with van der Waals surface area (Å²) in [6.07, 6.45) is 0. The lowest BCUT2D eigenvalue weighted by atomic mass is 10.3. The van der Waals surface area contributed by atoms with Crippen molar-refractivity contribution in [2.24, 2.45) is 0 Å². The van der Waals surface area contributed by atoms with E-state index in [1.165, 1.54) is 7.11 Å². The third kappa shape index (κ3) is 3.06. The van der Waals surface area contributed by atoms with Gasteiger partial charge in [-0.15, -0.1) is 0 Å². The van der Waals surface area contributed by atoms with Crippen LogP contribution in [0.15, 0.2) is 24.3 Å². The minimum absolute atomic E-state index is 0.0772. The van der Waals surface area contributed by atoms with Crippen LogP contribution in [0.4, 0.5) is 11.4 Å². The first-order valence-electron chi connectivity index (χ1n) is 4.33. The zero-order valence-corrected chi connectivity index (χ0v) is 8.33. The Kier molecular flexibility index (Phi) is 3.94. The molecular weight excluding hydrogens is 180 g/mol. The second-order valence-electron chi connectivity index (χ2n) is 2.81. The van der Waals surface area contributed by atoms with Crippen LogP contribution < -0.4 is 10.6 Å². The summed E-state index contributed by atoms with van der Waals surface area (Å²) in [7, 11) is 3.34. The Labute approximate surface area is 83.3 Å². The molecule has 0 aliphatic carbocycles. The number of carbonyl (C=O) groups excluding carboxylic acids is 1. The van der Waals surface area contributed by atoms with Gasteiger partial charge in [-0.1, -0.05) is 0 Å². The Morgan fingerprint density at radius 3 is 2.36 bits per heavy atom. The third-order valence-corrected chi connectivity index (χ3v) is 1.73. The van der Waals surface area contributed by atoms with E-state index in [1.807, 2.05) is 31.3 Å². The van der Waals surface area contributed by atoms with E-state index in [9.17, 15) is 4.79 Å². The van der Waals surface area contributed by atoms with Gasteiger partial charge in [0, 0.05) is 25.5 Å². The van der Waals surface area contributed by atoms with Crippen LogP contribution in [0.2, 0.25) is 0 Å². The summed E-state index contributed by atoms with van der Waals surface area (Å²) >= 11 is 0. The summed E-state index contributed by atoms with van der Waals surface area (Å²) in [5.41, 5.74) is 1.78. The number of hydrogen-bond donors (Lipinski definition) is 2. The smallest absolute Gasteiger partial charge is 0.250 e. The van der Waals surface area contributed by atoms with Crippen LogP contribution in [-0.2, 0) is 9.53 Å². The minimum atomic E-state index is -0.148. The van der Waals surface area contributed by atoms with Gasteiger partial charge in [-0.25, -0.2) is 0 Å². The van der Waals surface area contributed by atoms with E-state index < -0.39 is 0 Å². The number of ether oxygens (including phenoxy) is 1. The van der Waals surface area contributed by atoms with Crippen molar-refractivity contribution in [3.8, 4) is 0 Å². The Balaban J connectivity index is 2.55. The standard InChI is InChI=1S/C10H14N2O2/c1-11-8-3-5-9(6-4-8)12-10(13)7-14-2/h3-6,11H,7H2,1-2H3,(H,12,13). The summed E-state index contributed by atoms with van der Waals surface area (Å²) < 4.78 is 4.70. The van der Waals surface area contributed by atoms with Crippen molar-refractivity contribution in [2.45, 2.75) is 0 Å². The molecule has 0 atom stereocenters. The average Bonchev–Trinajstić information content (AvgIpc) is 2.19. The summed E-state index contributed by atoms with van der Waals surface area (Å²) in [5.74, 6) is -0.148. The molecule has 0 spiro atoms. The van der Waals surface area contributed by atoms with E-state index in [0.717, 1.165) is 11.4 Å². The predicted molar refractivity (Wildman–Crippen MR) is 56.5 cm³/mol. The van der Waals surface area contributed by atoms with Crippen LogP contribution in [0.25, 0.3) is 0 Å². The highest BCUT2D eigenvalue weighted by Crippen LogP contribution is 2.12. The van der Waals surface area contributed by atoms with Crippen molar-refractivity contribution in [3.63, 3.8) is 0 Å². The van der Waals surface area contributed by atoms with Gasteiger partial charge in [0.05, 0.1) is 0 Å². The van der Waals surface area contributed by atoms with E-state index in [4.69, 9.17) is 4.74 Å². The highest BCUT2D eigenvalue weighted by atomic mass is 16.5. The van der Waals surface area contributed by atoms with Gasteiger partial charge in [-0.05, 0) is 24.3 Å². The van der Waals surface area contributed by atoms with Crippen LogP contribution >= 0.6 is 0 Å². The summed E-state index contributed by atoms with van der Waals surface area (Å²) in [4.78, 5) is 11.1. The molecular formula is C10H14N2O2. The summed E-state index contributed by atoms with van der Waals surface area (Å²) in [5, 5.41) is 5.70. The molecule has 0 heterocycles. The number of benzene rings is 1. The number of methoxy groups -OCH3 is 1. The van der Waals surface area contributed by atoms with Crippen molar-refractivity contribution >= 4 is 17.3 Å². The lowest BCUT2D eigenvalue weighted by Crippen LogP contribution is -2.16. The molecule has 0 aromatic heterocycles. The number of rotatable bonds is 4. The Morgan fingerprint density at radius 1 is 1.29 bits per heavy atom. The second kappa shape index (κ2) is 5.24. The van der Waals surface area contributed by atoms with E-state index in [-0.39, 0.29) is 12.5 Å². The van der Waals surface area contributed by atoms with Gasteiger partial charge in [0.1, 0.15) is 6.61 Å². The molecule has 1 amide bonds. The highest BCUT2D eigenvalue weighted by molar-refractivity contribution is 5.91. The molecule has 14 heavy (non-hydrogen) atoms. The number of hydrogen-bond acceptors (Lipinski definition) is 3. The SMILES string of the molecule is CNc1ccc(NC(=O)COC)cc1. The molecule has 0 radical (unpaired) electrons. The normalized spacial score (nSPS) is 9.57. The molecule has 0 fully saturated rings. The highest BCUT2D eigenvalue weighted by Gasteiger charge is 2.00. The fourth-order valence-corrected chi connectivity index (χ4v) is 1.05. The monoisotopic (exact) mass is 194 g/mol. The molecule has 4 heteroatoms. The molecule has 0 aliphatic heterocycles. The largest absolute Gasteiger partial charge is 0.388 e.